The molecular formula is C15H15N5O3. The molecule has 0 N–H and O–H groups in total. The fourth-order valence-corrected chi connectivity index (χ4v) is 3.55. The summed E-state index contributed by atoms with van der Waals surface area (Å²) >= 11 is 0. The molecule has 118 valence electrons. The molecule has 8 nitrogen and oxygen atoms in total. The Kier molecular flexibility index (Phi) is 3.02. The van der Waals surface area contributed by atoms with Crippen LogP contribution in [0.1, 0.15) is 28.9 Å². The molecule has 0 unspecified atom stereocenters. The van der Waals surface area contributed by atoms with Crippen LogP contribution in [0, 0.1) is 10.1 Å². The predicted octanol–water partition coefficient (Wildman–Crippen LogP) is 1.22. The number of nitro benzene ring substituents is 1. The number of nitrogens with zero attached hydrogens (tertiary/aromatic N) is 5. The molecule has 8 heteroatoms. The quantitative estimate of drug-likeness (QED) is 0.624. The molecule has 0 aliphatic carbocycles. The third kappa shape index (κ3) is 2.22. The van der Waals surface area contributed by atoms with Crippen LogP contribution in [0.5, 0.6) is 0 Å². The SMILES string of the molecule is O=C(c1cccc([N+](=O)[O-])c1)n1cc(C23CCN(CC2)C3)nn1. The normalized spacial score (nSPS) is 25.7. The minimum absolute atomic E-state index is 0.0151. The van der Waals surface area contributed by atoms with E-state index in [0.717, 1.165) is 38.2 Å². The Hall–Kier alpha value is -2.61. The maximum Gasteiger partial charge on any atom is 0.279 e. The molecule has 0 saturated carbocycles. The van der Waals surface area contributed by atoms with Crippen molar-refractivity contribution in [2.45, 2.75) is 18.3 Å². The second kappa shape index (κ2) is 4.95. The first-order chi connectivity index (χ1) is 11.1. The predicted molar refractivity (Wildman–Crippen MR) is 80.2 cm³/mol. The molecule has 0 atom stereocenters. The van der Waals surface area contributed by atoms with Gasteiger partial charge < -0.3 is 4.90 Å². The highest BCUT2D eigenvalue weighted by Crippen LogP contribution is 2.41. The summed E-state index contributed by atoms with van der Waals surface area (Å²) in [4.78, 5) is 25.2. The second-order valence-corrected chi connectivity index (χ2v) is 6.22. The van der Waals surface area contributed by atoms with E-state index in [4.69, 9.17) is 0 Å². The number of hydrogen-bond acceptors (Lipinski definition) is 6. The van der Waals surface area contributed by atoms with Crippen molar-refractivity contribution in [2.75, 3.05) is 19.6 Å². The summed E-state index contributed by atoms with van der Waals surface area (Å²) in [7, 11) is 0. The van der Waals surface area contributed by atoms with Crippen molar-refractivity contribution in [1.82, 2.24) is 19.9 Å². The summed E-state index contributed by atoms with van der Waals surface area (Å²) in [6.07, 6.45) is 3.75. The highest BCUT2D eigenvalue weighted by Gasteiger charge is 2.46. The van der Waals surface area contributed by atoms with Gasteiger partial charge in [0.1, 0.15) is 0 Å². The summed E-state index contributed by atoms with van der Waals surface area (Å²) < 4.78 is 1.18. The Morgan fingerprint density at radius 3 is 2.74 bits per heavy atom. The molecule has 2 aliphatic rings. The van der Waals surface area contributed by atoms with Crippen LogP contribution in [0.25, 0.3) is 0 Å². The topological polar surface area (TPSA) is 94.2 Å². The smallest absolute Gasteiger partial charge is 0.279 e. The molecule has 0 spiro atoms. The van der Waals surface area contributed by atoms with Crippen molar-refractivity contribution >= 4 is 11.6 Å². The average molecular weight is 313 g/mol. The van der Waals surface area contributed by atoms with Crippen LogP contribution in [0.4, 0.5) is 5.69 Å². The number of rotatable bonds is 3. The summed E-state index contributed by atoms with van der Waals surface area (Å²) in [5, 5.41) is 19.0. The van der Waals surface area contributed by atoms with Crippen LogP contribution in [0.3, 0.4) is 0 Å². The maximum absolute atomic E-state index is 12.5. The van der Waals surface area contributed by atoms with Gasteiger partial charge in [0.25, 0.3) is 11.6 Å². The molecule has 0 amide bonds. The van der Waals surface area contributed by atoms with Crippen LogP contribution in [0.15, 0.2) is 30.5 Å². The average Bonchev–Trinajstić information content (AvgIpc) is 3.29. The zero-order chi connectivity index (χ0) is 16.0. The first-order valence-corrected chi connectivity index (χ1v) is 7.52. The maximum atomic E-state index is 12.5. The molecule has 1 aromatic heterocycles. The number of carbonyl (C=O) groups excluding carboxylic acids is 1. The largest absolute Gasteiger partial charge is 0.302 e. The van der Waals surface area contributed by atoms with Gasteiger partial charge in [0, 0.05) is 29.7 Å². The Morgan fingerprint density at radius 1 is 1.30 bits per heavy atom. The lowest BCUT2D eigenvalue weighted by atomic mass is 9.82. The lowest BCUT2D eigenvalue weighted by molar-refractivity contribution is -0.384. The number of hydrogen-bond donors (Lipinski definition) is 0. The number of nitro groups is 1. The van der Waals surface area contributed by atoms with Crippen LogP contribution in [-0.4, -0.2) is 50.4 Å². The van der Waals surface area contributed by atoms with Gasteiger partial charge in [0.05, 0.1) is 16.8 Å². The number of benzene rings is 1. The van der Waals surface area contributed by atoms with Gasteiger partial charge in [-0.05, 0) is 32.0 Å². The lowest BCUT2D eigenvalue weighted by Crippen LogP contribution is -2.24. The van der Waals surface area contributed by atoms with E-state index in [1.165, 1.54) is 22.9 Å². The van der Waals surface area contributed by atoms with Gasteiger partial charge in [0.15, 0.2) is 0 Å². The van der Waals surface area contributed by atoms with Crippen LogP contribution >= 0.6 is 0 Å². The van der Waals surface area contributed by atoms with E-state index in [1.807, 2.05) is 0 Å². The summed E-state index contributed by atoms with van der Waals surface area (Å²) in [5.41, 5.74) is 0.974. The number of non-ortho nitro benzene ring substituents is 1. The van der Waals surface area contributed by atoms with Crippen LogP contribution < -0.4 is 0 Å². The Bertz CT molecular complexity index is 792. The number of piperidine rings is 1. The molecule has 2 saturated heterocycles. The zero-order valence-corrected chi connectivity index (χ0v) is 12.4. The Labute approximate surface area is 131 Å². The van der Waals surface area contributed by atoms with E-state index in [1.54, 1.807) is 12.3 Å². The molecule has 2 aliphatic heterocycles. The molecule has 2 aromatic rings. The van der Waals surface area contributed by atoms with E-state index in [-0.39, 0.29) is 16.7 Å². The van der Waals surface area contributed by atoms with Crippen LogP contribution in [-0.2, 0) is 5.41 Å². The number of carbonyl (C=O) groups is 1. The van der Waals surface area contributed by atoms with Crippen molar-refractivity contribution in [3.05, 3.63) is 51.8 Å². The van der Waals surface area contributed by atoms with Gasteiger partial charge in [-0.1, -0.05) is 11.3 Å². The first kappa shape index (κ1) is 14.0. The minimum Gasteiger partial charge on any atom is -0.302 e. The van der Waals surface area contributed by atoms with E-state index >= 15 is 0 Å². The van der Waals surface area contributed by atoms with E-state index in [0.29, 0.717) is 0 Å². The summed E-state index contributed by atoms with van der Waals surface area (Å²) in [5.74, 6) is -0.406. The van der Waals surface area contributed by atoms with Gasteiger partial charge in [-0.25, -0.2) is 0 Å². The lowest BCUT2D eigenvalue weighted by Gasteiger charge is -2.21. The summed E-state index contributed by atoms with van der Waals surface area (Å²) in [6, 6.07) is 5.65. The van der Waals surface area contributed by atoms with Crippen molar-refractivity contribution in [2.24, 2.45) is 0 Å². The molecule has 23 heavy (non-hydrogen) atoms. The third-order valence-electron chi connectivity index (χ3n) is 4.89. The number of fused-ring (bicyclic) bond motifs is 2. The van der Waals surface area contributed by atoms with Crippen molar-refractivity contribution in [1.29, 1.82) is 0 Å². The third-order valence-corrected chi connectivity index (χ3v) is 4.89. The second-order valence-electron chi connectivity index (χ2n) is 6.22. The van der Waals surface area contributed by atoms with Gasteiger partial charge in [-0.2, -0.15) is 4.68 Å². The molecule has 3 heterocycles. The van der Waals surface area contributed by atoms with E-state index in [2.05, 4.69) is 15.2 Å². The van der Waals surface area contributed by atoms with Crippen molar-refractivity contribution < 1.29 is 9.72 Å². The zero-order valence-electron chi connectivity index (χ0n) is 12.4. The van der Waals surface area contributed by atoms with Gasteiger partial charge >= 0.3 is 0 Å². The van der Waals surface area contributed by atoms with Gasteiger partial charge in [-0.15, -0.1) is 5.10 Å². The molecule has 2 fully saturated rings. The molecule has 4 rings (SSSR count). The minimum atomic E-state index is -0.520. The molecule has 0 radical (unpaired) electrons. The van der Waals surface area contributed by atoms with Crippen molar-refractivity contribution in [3.8, 4) is 0 Å². The van der Waals surface area contributed by atoms with Gasteiger partial charge in [0.2, 0.25) is 0 Å². The number of aromatic nitrogens is 3. The molecular weight excluding hydrogens is 298 g/mol. The Balaban J connectivity index is 1.63. The standard InChI is InChI=1S/C15H15N5O3/c21-14(11-2-1-3-12(8-11)20(22)23)19-9-13(16-17-19)15-4-6-18(10-15)7-5-15/h1-3,8-9H,4-7,10H2. The molecule has 1 aromatic carbocycles. The van der Waals surface area contributed by atoms with Gasteiger partial charge in [-0.3, -0.25) is 14.9 Å². The highest BCUT2D eigenvalue weighted by atomic mass is 16.6. The Morgan fingerprint density at radius 2 is 2.09 bits per heavy atom. The highest BCUT2D eigenvalue weighted by molar-refractivity contribution is 5.95. The summed E-state index contributed by atoms with van der Waals surface area (Å²) in [6.45, 7) is 3.09. The monoisotopic (exact) mass is 313 g/mol. The molecule has 2 bridgehead atoms. The fraction of sp³-hybridized carbons (Fsp3) is 0.400. The van der Waals surface area contributed by atoms with E-state index < -0.39 is 10.8 Å². The first-order valence-electron chi connectivity index (χ1n) is 7.52. The van der Waals surface area contributed by atoms with Crippen LogP contribution in [0.2, 0.25) is 0 Å². The van der Waals surface area contributed by atoms with Crippen molar-refractivity contribution in [3.63, 3.8) is 0 Å². The van der Waals surface area contributed by atoms with E-state index in [9.17, 15) is 14.9 Å². The fourth-order valence-electron chi connectivity index (χ4n) is 3.55.